The molecule has 2 aromatic rings. The van der Waals surface area contributed by atoms with Crippen LogP contribution < -0.4 is 10.3 Å². The van der Waals surface area contributed by atoms with Crippen LogP contribution in [0.15, 0.2) is 35.1 Å². The maximum absolute atomic E-state index is 12.0. The Labute approximate surface area is 117 Å². The van der Waals surface area contributed by atoms with E-state index in [0.717, 1.165) is 17.7 Å². The van der Waals surface area contributed by atoms with E-state index in [1.54, 1.807) is 13.2 Å². The average Bonchev–Trinajstić information content (AvgIpc) is 2.49. The molecule has 0 radical (unpaired) electrons. The van der Waals surface area contributed by atoms with Crippen molar-refractivity contribution in [3.63, 3.8) is 0 Å². The van der Waals surface area contributed by atoms with Crippen LogP contribution in [0, 0.1) is 0 Å². The number of rotatable bonds is 5. The Morgan fingerprint density at radius 3 is 2.55 bits per heavy atom. The van der Waals surface area contributed by atoms with Crippen LogP contribution in [-0.4, -0.2) is 22.0 Å². The number of aryl methyl sites for hydroxylation is 1. The number of aliphatic hydroxyl groups excluding tert-OH is 1. The Balaban J connectivity index is 2.49. The number of aromatic nitrogens is 2. The highest BCUT2D eigenvalue weighted by Gasteiger charge is 2.09. The van der Waals surface area contributed by atoms with Gasteiger partial charge in [-0.25, -0.2) is 4.68 Å². The summed E-state index contributed by atoms with van der Waals surface area (Å²) in [5.74, 6) is 0.762. The van der Waals surface area contributed by atoms with Crippen LogP contribution in [0.3, 0.4) is 0 Å². The van der Waals surface area contributed by atoms with Gasteiger partial charge in [0.2, 0.25) is 0 Å². The van der Waals surface area contributed by atoms with Gasteiger partial charge in [0, 0.05) is 17.7 Å². The fourth-order valence-electron chi connectivity index (χ4n) is 1.98. The van der Waals surface area contributed by atoms with Gasteiger partial charge in [0.15, 0.2) is 0 Å². The number of aliphatic hydroxyl groups is 1. The predicted molar refractivity (Wildman–Crippen MR) is 76.7 cm³/mol. The lowest BCUT2D eigenvalue weighted by atomic mass is 10.1. The number of hydrogen-bond donors (Lipinski definition) is 1. The van der Waals surface area contributed by atoms with E-state index in [4.69, 9.17) is 4.74 Å². The number of ether oxygens (including phenoxy) is 1. The summed E-state index contributed by atoms with van der Waals surface area (Å²) in [5.41, 5.74) is 1.68. The van der Waals surface area contributed by atoms with Gasteiger partial charge in [-0.15, -0.1) is 0 Å². The Kier molecular flexibility index (Phi) is 4.53. The lowest BCUT2D eigenvalue weighted by Crippen LogP contribution is -2.26. The SMILES string of the molecule is CCCn1nc(-c2ccc(OC)cc2)cc(CO)c1=O. The number of benzene rings is 1. The molecule has 106 valence electrons. The van der Waals surface area contributed by atoms with Crippen LogP contribution in [0.2, 0.25) is 0 Å². The van der Waals surface area contributed by atoms with Crippen molar-refractivity contribution in [2.45, 2.75) is 26.5 Å². The molecule has 0 fully saturated rings. The van der Waals surface area contributed by atoms with E-state index in [0.29, 0.717) is 17.8 Å². The van der Waals surface area contributed by atoms with Gasteiger partial charge in [-0.3, -0.25) is 4.79 Å². The standard InChI is InChI=1S/C15H18N2O3/c1-3-8-17-15(19)12(10-18)9-14(16-17)11-4-6-13(20-2)7-5-11/h4-7,9,18H,3,8,10H2,1-2H3. The van der Waals surface area contributed by atoms with E-state index in [1.807, 2.05) is 31.2 Å². The van der Waals surface area contributed by atoms with E-state index in [1.165, 1.54) is 4.68 Å². The van der Waals surface area contributed by atoms with E-state index < -0.39 is 0 Å². The lowest BCUT2D eigenvalue weighted by Gasteiger charge is -2.09. The molecule has 0 amide bonds. The van der Waals surface area contributed by atoms with E-state index in [2.05, 4.69) is 5.10 Å². The number of methoxy groups -OCH3 is 1. The molecule has 0 unspecified atom stereocenters. The monoisotopic (exact) mass is 274 g/mol. The fourth-order valence-corrected chi connectivity index (χ4v) is 1.98. The maximum Gasteiger partial charge on any atom is 0.272 e. The first-order valence-electron chi connectivity index (χ1n) is 6.56. The zero-order valence-electron chi connectivity index (χ0n) is 11.7. The highest BCUT2D eigenvalue weighted by Crippen LogP contribution is 2.20. The summed E-state index contributed by atoms with van der Waals surface area (Å²) < 4.78 is 6.52. The molecule has 5 nitrogen and oxygen atoms in total. The summed E-state index contributed by atoms with van der Waals surface area (Å²) in [6, 6.07) is 9.07. The van der Waals surface area contributed by atoms with Gasteiger partial charge >= 0.3 is 0 Å². The van der Waals surface area contributed by atoms with Crippen molar-refractivity contribution >= 4 is 0 Å². The Morgan fingerprint density at radius 2 is 2.00 bits per heavy atom. The van der Waals surface area contributed by atoms with Crippen molar-refractivity contribution in [2.75, 3.05) is 7.11 Å². The Morgan fingerprint density at radius 1 is 1.30 bits per heavy atom. The highest BCUT2D eigenvalue weighted by atomic mass is 16.5. The summed E-state index contributed by atoms with van der Waals surface area (Å²) in [5, 5.41) is 13.7. The molecule has 0 saturated heterocycles. The third-order valence-corrected chi connectivity index (χ3v) is 3.04. The summed E-state index contributed by atoms with van der Waals surface area (Å²) in [6.45, 7) is 2.23. The summed E-state index contributed by atoms with van der Waals surface area (Å²) in [6.07, 6.45) is 0.809. The zero-order chi connectivity index (χ0) is 14.5. The van der Waals surface area contributed by atoms with Crippen LogP contribution in [0.1, 0.15) is 18.9 Å². The third-order valence-electron chi connectivity index (χ3n) is 3.04. The Bertz CT molecular complexity index is 633. The second-order valence-electron chi connectivity index (χ2n) is 4.47. The van der Waals surface area contributed by atoms with Crippen molar-refractivity contribution < 1.29 is 9.84 Å². The normalized spacial score (nSPS) is 10.6. The summed E-state index contributed by atoms with van der Waals surface area (Å²) in [4.78, 5) is 12.0. The van der Waals surface area contributed by atoms with E-state index in [-0.39, 0.29) is 12.2 Å². The lowest BCUT2D eigenvalue weighted by molar-refractivity contribution is 0.278. The van der Waals surface area contributed by atoms with Crippen LogP contribution in [0.5, 0.6) is 5.75 Å². The van der Waals surface area contributed by atoms with Gasteiger partial charge in [0.25, 0.3) is 5.56 Å². The van der Waals surface area contributed by atoms with Crippen LogP contribution in [0.25, 0.3) is 11.3 Å². The van der Waals surface area contributed by atoms with E-state index >= 15 is 0 Å². The maximum atomic E-state index is 12.0. The first kappa shape index (κ1) is 14.3. The van der Waals surface area contributed by atoms with Gasteiger partial charge < -0.3 is 9.84 Å². The molecule has 0 aliphatic carbocycles. The molecule has 1 N–H and O–H groups in total. The molecule has 0 saturated carbocycles. The minimum Gasteiger partial charge on any atom is -0.497 e. The molecule has 0 aliphatic heterocycles. The van der Waals surface area contributed by atoms with Crippen molar-refractivity contribution in [3.8, 4) is 17.0 Å². The van der Waals surface area contributed by atoms with Crippen molar-refractivity contribution in [3.05, 3.63) is 46.2 Å². The van der Waals surface area contributed by atoms with Crippen molar-refractivity contribution in [1.82, 2.24) is 9.78 Å². The van der Waals surface area contributed by atoms with Gasteiger partial charge in [-0.2, -0.15) is 5.10 Å². The molecular formula is C15H18N2O3. The number of nitrogens with zero attached hydrogens (tertiary/aromatic N) is 2. The second kappa shape index (κ2) is 6.34. The fraction of sp³-hybridized carbons (Fsp3) is 0.333. The first-order valence-corrected chi connectivity index (χ1v) is 6.56. The molecule has 0 bridgehead atoms. The minimum atomic E-state index is -0.284. The van der Waals surface area contributed by atoms with Crippen molar-refractivity contribution in [1.29, 1.82) is 0 Å². The summed E-state index contributed by atoms with van der Waals surface area (Å²) in [7, 11) is 1.61. The first-order chi connectivity index (χ1) is 9.69. The molecule has 0 aliphatic rings. The van der Waals surface area contributed by atoms with Gasteiger partial charge in [-0.05, 0) is 36.8 Å². The van der Waals surface area contributed by atoms with Crippen LogP contribution in [0.4, 0.5) is 0 Å². The molecule has 1 heterocycles. The van der Waals surface area contributed by atoms with Gasteiger partial charge in [0.1, 0.15) is 5.75 Å². The third kappa shape index (κ3) is 2.88. The second-order valence-corrected chi connectivity index (χ2v) is 4.47. The van der Waals surface area contributed by atoms with Crippen molar-refractivity contribution in [2.24, 2.45) is 0 Å². The average molecular weight is 274 g/mol. The van der Waals surface area contributed by atoms with Crippen LogP contribution >= 0.6 is 0 Å². The summed E-state index contributed by atoms with van der Waals surface area (Å²) >= 11 is 0. The number of hydrogen-bond acceptors (Lipinski definition) is 4. The predicted octanol–water partition coefficient (Wildman–Crippen LogP) is 1.82. The molecule has 1 aromatic heterocycles. The molecular weight excluding hydrogens is 256 g/mol. The molecule has 0 spiro atoms. The van der Waals surface area contributed by atoms with Gasteiger partial charge in [0.05, 0.1) is 19.4 Å². The highest BCUT2D eigenvalue weighted by molar-refractivity contribution is 5.60. The molecule has 1 aromatic carbocycles. The van der Waals surface area contributed by atoms with Gasteiger partial charge in [-0.1, -0.05) is 6.92 Å². The largest absolute Gasteiger partial charge is 0.497 e. The van der Waals surface area contributed by atoms with Crippen LogP contribution in [-0.2, 0) is 13.2 Å². The molecule has 20 heavy (non-hydrogen) atoms. The zero-order valence-corrected chi connectivity index (χ0v) is 11.7. The smallest absolute Gasteiger partial charge is 0.272 e. The quantitative estimate of drug-likeness (QED) is 0.903. The minimum absolute atomic E-state index is 0.230. The molecule has 0 atom stereocenters. The topological polar surface area (TPSA) is 64.3 Å². The Hall–Kier alpha value is -2.14. The molecule has 5 heteroatoms. The molecule has 2 rings (SSSR count). The van der Waals surface area contributed by atoms with E-state index in [9.17, 15) is 9.90 Å².